The van der Waals surface area contributed by atoms with E-state index in [1.54, 1.807) is 24.3 Å². The highest BCUT2D eigenvalue weighted by Gasteiger charge is 2.37. The molecule has 0 saturated heterocycles. The number of halogens is 1. The lowest BCUT2D eigenvalue weighted by Crippen LogP contribution is -2.47. The van der Waals surface area contributed by atoms with Crippen LogP contribution in [0.5, 0.6) is 5.75 Å². The number of primary amides is 1. The maximum absolute atomic E-state index is 14.4. The summed E-state index contributed by atoms with van der Waals surface area (Å²) in [6, 6.07) is 10.9. The Balaban J connectivity index is 1.84. The fourth-order valence-corrected chi connectivity index (χ4v) is 5.22. The molecule has 0 bridgehead atoms. The van der Waals surface area contributed by atoms with Gasteiger partial charge in [0.05, 0.1) is 12.8 Å². The van der Waals surface area contributed by atoms with E-state index in [9.17, 15) is 18.8 Å². The monoisotopic (exact) mass is 525 g/mol. The Morgan fingerprint density at radius 3 is 2.43 bits per heavy atom. The molecule has 4 rings (SSSR count). The van der Waals surface area contributed by atoms with Crippen LogP contribution in [0, 0.1) is 5.82 Å². The molecule has 3 amide bonds. The molecule has 1 aromatic heterocycles. The number of aromatic nitrogens is 1. The molecular weight excluding hydrogens is 497 g/mol. The first-order valence-corrected chi connectivity index (χ1v) is 12.7. The van der Waals surface area contributed by atoms with Gasteiger partial charge in [0.15, 0.2) is 5.69 Å². The molecule has 0 aliphatic heterocycles. The molecule has 1 atom stereocenters. The van der Waals surface area contributed by atoms with Crippen molar-refractivity contribution < 1.29 is 23.5 Å². The highest BCUT2D eigenvalue weighted by Crippen LogP contribution is 2.34. The Morgan fingerprint density at radius 1 is 1.14 bits per heavy atom. The molecular formula is C26H28FN5O4S. The van der Waals surface area contributed by atoms with E-state index < -0.39 is 29.6 Å². The SMILES string of the molecule is COc1ccc([C@H](C(=O)NC2CCCCC2)N(C(=O)c2snc(C(N)=O)c2N)c2cccc(F)c2)cc1. The lowest BCUT2D eigenvalue weighted by molar-refractivity contribution is -0.123. The average Bonchev–Trinajstić information content (AvgIpc) is 3.29. The van der Waals surface area contributed by atoms with Gasteiger partial charge in [-0.25, -0.2) is 4.39 Å². The van der Waals surface area contributed by atoms with Crippen molar-refractivity contribution in [2.45, 2.75) is 44.2 Å². The number of hydrogen-bond acceptors (Lipinski definition) is 7. The van der Waals surface area contributed by atoms with E-state index in [-0.39, 0.29) is 28.0 Å². The Labute approximate surface area is 217 Å². The third-order valence-electron chi connectivity index (χ3n) is 6.35. The number of carbonyl (C=O) groups excluding carboxylic acids is 3. The van der Waals surface area contributed by atoms with Crippen molar-refractivity contribution in [3.8, 4) is 5.75 Å². The van der Waals surface area contributed by atoms with Crippen molar-refractivity contribution in [1.82, 2.24) is 9.69 Å². The zero-order valence-electron chi connectivity index (χ0n) is 20.3. The van der Waals surface area contributed by atoms with Gasteiger partial charge in [-0.2, -0.15) is 4.37 Å². The highest BCUT2D eigenvalue weighted by atomic mass is 32.1. The van der Waals surface area contributed by atoms with Gasteiger partial charge in [0, 0.05) is 11.7 Å². The van der Waals surface area contributed by atoms with E-state index in [4.69, 9.17) is 16.2 Å². The number of ether oxygens (including phenoxy) is 1. The molecule has 0 radical (unpaired) electrons. The smallest absolute Gasteiger partial charge is 0.273 e. The zero-order chi connectivity index (χ0) is 26.5. The number of nitrogen functional groups attached to an aromatic ring is 1. The number of carbonyl (C=O) groups is 3. The molecule has 5 N–H and O–H groups in total. The topological polar surface area (TPSA) is 141 Å². The van der Waals surface area contributed by atoms with Crippen molar-refractivity contribution in [2.75, 3.05) is 17.7 Å². The van der Waals surface area contributed by atoms with Gasteiger partial charge in [-0.15, -0.1) is 0 Å². The average molecular weight is 526 g/mol. The fraction of sp³-hybridized carbons (Fsp3) is 0.308. The zero-order valence-corrected chi connectivity index (χ0v) is 21.1. The van der Waals surface area contributed by atoms with Gasteiger partial charge in [0.2, 0.25) is 5.91 Å². The summed E-state index contributed by atoms with van der Waals surface area (Å²) in [5, 5.41) is 3.08. The first kappa shape index (κ1) is 26.1. The molecule has 9 nitrogen and oxygen atoms in total. The van der Waals surface area contributed by atoms with Crippen molar-refractivity contribution in [3.63, 3.8) is 0 Å². The molecule has 1 aliphatic carbocycles. The van der Waals surface area contributed by atoms with Gasteiger partial charge < -0.3 is 21.5 Å². The first-order valence-electron chi connectivity index (χ1n) is 11.9. The summed E-state index contributed by atoms with van der Waals surface area (Å²) in [4.78, 5) is 40.7. The molecule has 1 fully saturated rings. The quantitative estimate of drug-likeness (QED) is 0.408. The molecule has 1 aliphatic rings. The van der Waals surface area contributed by atoms with Crippen LogP contribution >= 0.6 is 11.5 Å². The van der Waals surface area contributed by atoms with Crippen LogP contribution in [-0.2, 0) is 4.79 Å². The van der Waals surface area contributed by atoms with Crippen molar-refractivity contribution in [2.24, 2.45) is 5.73 Å². The van der Waals surface area contributed by atoms with Crippen LogP contribution in [0.2, 0.25) is 0 Å². The number of rotatable bonds is 8. The van der Waals surface area contributed by atoms with E-state index in [1.807, 2.05) is 0 Å². The first-order chi connectivity index (χ1) is 17.8. The van der Waals surface area contributed by atoms with Gasteiger partial charge in [0.25, 0.3) is 11.8 Å². The normalized spacial score (nSPS) is 14.5. The van der Waals surface area contributed by atoms with Crippen molar-refractivity contribution >= 4 is 40.6 Å². The largest absolute Gasteiger partial charge is 0.497 e. The summed E-state index contributed by atoms with van der Waals surface area (Å²) in [5.41, 5.74) is 11.6. The number of nitrogens with zero attached hydrogens (tertiary/aromatic N) is 2. The maximum atomic E-state index is 14.4. The third kappa shape index (κ3) is 5.72. The molecule has 0 spiro atoms. The number of benzene rings is 2. The Kier molecular flexibility index (Phi) is 8.02. The van der Waals surface area contributed by atoms with Crippen LogP contribution in [0.15, 0.2) is 48.5 Å². The second-order valence-electron chi connectivity index (χ2n) is 8.81. The fourth-order valence-electron chi connectivity index (χ4n) is 4.48. The minimum Gasteiger partial charge on any atom is -0.497 e. The number of hydrogen-bond donors (Lipinski definition) is 3. The van der Waals surface area contributed by atoms with Crippen molar-refractivity contribution in [1.29, 1.82) is 0 Å². The van der Waals surface area contributed by atoms with Crippen LogP contribution in [0.4, 0.5) is 15.8 Å². The number of methoxy groups -OCH3 is 1. The molecule has 3 aromatic rings. The van der Waals surface area contributed by atoms with Crippen LogP contribution in [0.1, 0.15) is 63.9 Å². The van der Waals surface area contributed by atoms with Gasteiger partial charge in [0.1, 0.15) is 22.5 Å². The number of nitrogens with one attached hydrogen (secondary N) is 1. The summed E-state index contributed by atoms with van der Waals surface area (Å²) in [6.07, 6.45) is 4.77. The number of amides is 3. The number of anilines is 2. The summed E-state index contributed by atoms with van der Waals surface area (Å²) in [7, 11) is 1.52. The van der Waals surface area contributed by atoms with E-state index in [1.165, 1.54) is 30.2 Å². The lowest BCUT2D eigenvalue weighted by Gasteiger charge is -2.33. The molecule has 2 aromatic carbocycles. The van der Waals surface area contributed by atoms with Gasteiger partial charge in [-0.3, -0.25) is 19.3 Å². The van der Waals surface area contributed by atoms with Gasteiger partial charge in [-0.1, -0.05) is 37.5 Å². The van der Waals surface area contributed by atoms with Crippen LogP contribution in [0.25, 0.3) is 0 Å². The van der Waals surface area contributed by atoms with Gasteiger partial charge >= 0.3 is 0 Å². The Hall–Kier alpha value is -3.99. The maximum Gasteiger partial charge on any atom is 0.273 e. The molecule has 1 heterocycles. The molecule has 194 valence electrons. The molecule has 37 heavy (non-hydrogen) atoms. The van der Waals surface area contributed by atoms with E-state index in [0.29, 0.717) is 22.8 Å². The van der Waals surface area contributed by atoms with Crippen LogP contribution < -0.4 is 26.4 Å². The van der Waals surface area contributed by atoms with Gasteiger partial charge in [-0.05, 0) is 60.3 Å². The van der Waals surface area contributed by atoms with Crippen LogP contribution in [-0.4, -0.2) is 35.2 Å². The Bertz CT molecular complexity index is 1290. The predicted octanol–water partition coefficient (Wildman–Crippen LogP) is 3.81. The molecule has 0 unspecified atom stereocenters. The van der Waals surface area contributed by atoms with E-state index in [0.717, 1.165) is 38.2 Å². The minimum atomic E-state index is -1.18. The molecule has 11 heteroatoms. The Morgan fingerprint density at radius 2 is 1.84 bits per heavy atom. The number of nitrogens with two attached hydrogens (primary N) is 2. The standard InChI is InChI=1S/C26H28FN5O4S/c1-36-19-12-10-15(11-13-19)22(25(34)30-17-7-3-2-4-8-17)32(18-9-5-6-16(27)14-18)26(35)23-20(28)21(24(29)33)31-37-23/h5-6,9-14,17,22H,2-4,7-8,28H2,1H3,(H2,29,33)(H,30,34)/t22-/m1/s1. The predicted molar refractivity (Wildman–Crippen MR) is 139 cm³/mol. The highest BCUT2D eigenvalue weighted by molar-refractivity contribution is 7.09. The van der Waals surface area contributed by atoms with Crippen LogP contribution in [0.3, 0.4) is 0 Å². The van der Waals surface area contributed by atoms with Crippen molar-refractivity contribution in [3.05, 3.63) is 70.5 Å². The molecule has 1 saturated carbocycles. The summed E-state index contributed by atoms with van der Waals surface area (Å²) < 4.78 is 23.5. The summed E-state index contributed by atoms with van der Waals surface area (Å²) in [6.45, 7) is 0. The second kappa shape index (κ2) is 11.4. The minimum absolute atomic E-state index is 0.0404. The summed E-state index contributed by atoms with van der Waals surface area (Å²) in [5.74, 6) is -2.05. The lowest BCUT2D eigenvalue weighted by atomic mass is 9.94. The van der Waals surface area contributed by atoms with E-state index in [2.05, 4.69) is 9.69 Å². The second-order valence-corrected chi connectivity index (χ2v) is 9.59. The van der Waals surface area contributed by atoms with E-state index >= 15 is 0 Å². The summed E-state index contributed by atoms with van der Waals surface area (Å²) >= 11 is 0.693. The third-order valence-corrected chi connectivity index (χ3v) is 7.20.